The van der Waals surface area contributed by atoms with Gasteiger partial charge in [-0.25, -0.2) is 0 Å². The van der Waals surface area contributed by atoms with Gasteiger partial charge in [0.15, 0.2) is 0 Å². The Morgan fingerprint density at radius 2 is 1.23 bits per heavy atom. The molecule has 22 heavy (non-hydrogen) atoms. The van der Waals surface area contributed by atoms with E-state index in [4.69, 9.17) is 5.73 Å². The van der Waals surface area contributed by atoms with Crippen molar-refractivity contribution in [3.8, 4) is 0 Å². The van der Waals surface area contributed by atoms with E-state index in [0.717, 1.165) is 25.8 Å². The molecule has 0 bridgehead atoms. The molecule has 0 atom stereocenters. The molecule has 0 rings (SSSR count). The lowest BCUT2D eigenvalue weighted by molar-refractivity contribution is -0.121. The van der Waals surface area contributed by atoms with Crippen molar-refractivity contribution in [2.24, 2.45) is 5.73 Å². The largest absolute Gasteiger partial charge is 0.356 e. The highest BCUT2D eigenvalue weighted by molar-refractivity contribution is 5.75. The van der Waals surface area contributed by atoms with E-state index in [9.17, 15) is 4.79 Å². The number of carbonyl (C=O) groups excluding carboxylic acids is 1. The minimum atomic E-state index is 0.212. The third-order valence-corrected chi connectivity index (χ3v) is 4.21. The van der Waals surface area contributed by atoms with Crippen LogP contribution in [0.3, 0.4) is 0 Å². The van der Waals surface area contributed by atoms with Gasteiger partial charge in [0.25, 0.3) is 0 Å². The number of hydrogen-bond acceptors (Lipinski definition) is 2. The van der Waals surface area contributed by atoms with Crippen molar-refractivity contribution < 1.29 is 4.79 Å². The second-order valence-electron chi connectivity index (χ2n) is 6.48. The average molecular weight is 313 g/mol. The maximum atomic E-state index is 11.5. The third-order valence-electron chi connectivity index (χ3n) is 4.21. The molecule has 0 saturated heterocycles. The zero-order valence-corrected chi connectivity index (χ0v) is 15.0. The second-order valence-corrected chi connectivity index (χ2v) is 6.48. The summed E-state index contributed by atoms with van der Waals surface area (Å²) in [4.78, 5) is 11.5. The van der Waals surface area contributed by atoms with Crippen molar-refractivity contribution in [1.82, 2.24) is 5.32 Å². The first-order valence-electron chi connectivity index (χ1n) is 9.78. The lowest BCUT2D eigenvalue weighted by Gasteiger charge is -2.05. The van der Waals surface area contributed by atoms with Gasteiger partial charge in [0.2, 0.25) is 5.91 Å². The van der Waals surface area contributed by atoms with Crippen molar-refractivity contribution in [3.05, 3.63) is 0 Å². The second kappa shape index (κ2) is 18.5. The van der Waals surface area contributed by atoms with Gasteiger partial charge in [0.1, 0.15) is 0 Å². The molecule has 0 unspecified atom stereocenters. The normalized spacial score (nSPS) is 10.8. The summed E-state index contributed by atoms with van der Waals surface area (Å²) in [5.74, 6) is 0.212. The summed E-state index contributed by atoms with van der Waals surface area (Å²) in [6, 6.07) is 0. The molecule has 0 aromatic heterocycles. The summed E-state index contributed by atoms with van der Waals surface area (Å²) in [6.45, 7) is 3.77. The van der Waals surface area contributed by atoms with Gasteiger partial charge in [-0.1, -0.05) is 77.6 Å². The highest BCUT2D eigenvalue weighted by Gasteiger charge is 2.00. The first-order valence-corrected chi connectivity index (χ1v) is 9.78. The van der Waals surface area contributed by atoms with Gasteiger partial charge in [-0.15, -0.1) is 0 Å². The van der Waals surface area contributed by atoms with E-state index < -0.39 is 0 Å². The minimum Gasteiger partial charge on any atom is -0.356 e. The van der Waals surface area contributed by atoms with Crippen molar-refractivity contribution >= 4 is 5.91 Å². The van der Waals surface area contributed by atoms with Gasteiger partial charge >= 0.3 is 0 Å². The number of rotatable bonds is 17. The van der Waals surface area contributed by atoms with Crippen LogP contribution >= 0.6 is 0 Å². The summed E-state index contributed by atoms with van der Waals surface area (Å²) in [6.07, 6.45) is 18.8. The SMILES string of the molecule is CCCCCCCCCCCCCCC(=O)NCCCCN. The Morgan fingerprint density at radius 3 is 1.73 bits per heavy atom. The molecule has 3 N–H and O–H groups in total. The van der Waals surface area contributed by atoms with Crippen molar-refractivity contribution in [2.75, 3.05) is 13.1 Å². The zero-order valence-electron chi connectivity index (χ0n) is 15.0. The predicted octanol–water partition coefficient (Wildman–Crippen LogP) is 4.93. The quantitative estimate of drug-likeness (QED) is 0.374. The molecule has 0 saturated carbocycles. The number of nitrogens with one attached hydrogen (secondary N) is 1. The van der Waals surface area contributed by atoms with E-state index in [1.807, 2.05) is 0 Å². The Bertz CT molecular complexity index is 231. The van der Waals surface area contributed by atoms with Crippen LogP contribution in [-0.4, -0.2) is 19.0 Å². The van der Waals surface area contributed by atoms with Gasteiger partial charge in [0, 0.05) is 13.0 Å². The number of hydrogen-bond donors (Lipinski definition) is 2. The molecule has 0 aliphatic carbocycles. The standard InChI is InChI=1S/C19H40N2O/c1-2-3-4-5-6-7-8-9-10-11-12-13-16-19(22)21-18-15-14-17-20/h2-18,20H2,1H3,(H,21,22). The average Bonchev–Trinajstić information content (AvgIpc) is 2.52. The van der Waals surface area contributed by atoms with Crippen LogP contribution < -0.4 is 11.1 Å². The van der Waals surface area contributed by atoms with E-state index >= 15 is 0 Å². The topological polar surface area (TPSA) is 55.1 Å². The number of carbonyl (C=O) groups is 1. The molecule has 0 aliphatic rings. The Balaban J connectivity index is 3.08. The summed E-state index contributed by atoms with van der Waals surface area (Å²) < 4.78 is 0. The van der Waals surface area contributed by atoms with E-state index in [1.165, 1.54) is 70.6 Å². The van der Waals surface area contributed by atoms with Crippen molar-refractivity contribution in [2.45, 2.75) is 103 Å². The summed E-state index contributed by atoms with van der Waals surface area (Å²) >= 11 is 0. The summed E-state index contributed by atoms with van der Waals surface area (Å²) in [5, 5.41) is 2.96. The van der Waals surface area contributed by atoms with E-state index in [0.29, 0.717) is 13.0 Å². The fourth-order valence-corrected chi connectivity index (χ4v) is 2.71. The highest BCUT2D eigenvalue weighted by atomic mass is 16.1. The van der Waals surface area contributed by atoms with E-state index in [2.05, 4.69) is 12.2 Å². The van der Waals surface area contributed by atoms with Crippen LogP contribution in [0.2, 0.25) is 0 Å². The van der Waals surface area contributed by atoms with Crippen LogP contribution in [0, 0.1) is 0 Å². The molecule has 0 fully saturated rings. The van der Waals surface area contributed by atoms with Crippen LogP contribution in [0.15, 0.2) is 0 Å². The third kappa shape index (κ3) is 17.5. The fraction of sp³-hybridized carbons (Fsp3) is 0.947. The Hall–Kier alpha value is -0.570. The predicted molar refractivity (Wildman–Crippen MR) is 97.0 cm³/mol. The van der Waals surface area contributed by atoms with Crippen molar-refractivity contribution in [1.29, 1.82) is 0 Å². The van der Waals surface area contributed by atoms with Gasteiger partial charge in [-0.2, -0.15) is 0 Å². The maximum Gasteiger partial charge on any atom is 0.219 e. The van der Waals surface area contributed by atoms with Crippen LogP contribution in [0.5, 0.6) is 0 Å². The molecular formula is C19H40N2O. The van der Waals surface area contributed by atoms with E-state index in [-0.39, 0.29) is 5.91 Å². The Kier molecular flexibility index (Phi) is 18.0. The molecule has 0 spiro atoms. The molecule has 0 radical (unpaired) electrons. The fourth-order valence-electron chi connectivity index (χ4n) is 2.71. The van der Waals surface area contributed by atoms with Gasteiger partial charge < -0.3 is 11.1 Å². The summed E-state index contributed by atoms with van der Waals surface area (Å²) in [5.41, 5.74) is 5.42. The van der Waals surface area contributed by atoms with Crippen LogP contribution in [0.25, 0.3) is 0 Å². The molecule has 1 amide bonds. The van der Waals surface area contributed by atoms with Crippen LogP contribution in [-0.2, 0) is 4.79 Å². The molecule has 0 aromatic rings. The molecule has 0 aromatic carbocycles. The zero-order chi connectivity index (χ0) is 16.3. The van der Waals surface area contributed by atoms with Crippen LogP contribution in [0.1, 0.15) is 103 Å². The highest BCUT2D eigenvalue weighted by Crippen LogP contribution is 2.12. The molecule has 0 heterocycles. The lowest BCUT2D eigenvalue weighted by atomic mass is 10.0. The monoisotopic (exact) mass is 312 g/mol. The molecule has 132 valence electrons. The Labute approximate surface area is 138 Å². The molecule has 3 heteroatoms. The molecule has 0 aliphatic heterocycles. The minimum absolute atomic E-state index is 0.212. The maximum absolute atomic E-state index is 11.5. The van der Waals surface area contributed by atoms with Crippen LogP contribution in [0.4, 0.5) is 0 Å². The smallest absolute Gasteiger partial charge is 0.219 e. The Morgan fingerprint density at radius 1 is 0.727 bits per heavy atom. The molecule has 3 nitrogen and oxygen atoms in total. The lowest BCUT2D eigenvalue weighted by Crippen LogP contribution is -2.24. The molecular weight excluding hydrogens is 272 g/mol. The number of amides is 1. The van der Waals surface area contributed by atoms with Gasteiger partial charge in [-0.3, -0.25) is 4.79 Å². The van der Waals surface area contributed by atoms with Crippen molar-refractivity contribution in [3.63, 3.8) is 0 Å². The number of nitrogens with two attached hydrogens (primary N) is 1. The first kappa shape index (κ1) is 21.4. The van der Waals surface area contributed by atoms with E-state index in [1.54, 1.807) is 0 Å². The summed E-state index contributed by atoms with van der Waals surface area (Å²) in [7, 11) is 0. The number of unbranched alkanes of at least 4 members (excludes halogenated alkanes) is 12. The van der Waals surface area contributed by atoms with Gasteiger partial charge in [-0.05, 0) is 25.8 Å². The van der Waals surface area contributed by atoms with Gasteiger partial charge in [0.05, 0.1) is 0 Å². The first-order chi connectivity index (χ1) is 10.8.